The second-order valence-corrected chi connectivity index (χ2v) is 7.85. The highest BCUT2D eigenvalue weighted by Gasteiger charge is 2.16. The molecule has 3 aromatic rings. The van der Waals surface area contributed by atoms with E-state index < -0.39 is 5.91 Å². The molecule has 0 saturated carbocycles. The molecule has 1 amide bonds. The third-order valence-corrected chi connectivity index (χ3v) is 5.24. The van der Waals surface area contributed by atoms with Gasteiger partial charge in [0.15, 0.2) is 5.69 Å². The number of hydrogen-bond donors (Lipinski definition) is 1. The van der Waals surface area contributed by atoms with Crippen LogP contribution in [0.2, 0.25) is 0 Å². The predicted molar refractivity (Wildman–Crippen MR) is 110 cm³/mol. The first kappa shape index (κ1) is 19.0. The molecule has 3 rings (SSSR count). The van der Waals surface area contributed by atoms with Gasteiger partial charge >= 0.3 is 0 Å². The van der Waals surface area contributed by atoms with Crippen molar-refractivity contribution in [1.82, 2.24) is 15.2 Å². The van der Waals surface area contributed by atoms with E-state index in [2.05, 4.69) is 21.7 Å². The fourth-order valence-electron chi connectivity index (χ4n) is 3.00. The molecular formula is C20H22N4O2S. The van der Waals surface area contributed by atoms with E-state index in [1.165, 1.54) is 9.56 Å². The van der Waals surface area contributed by atoms with E-state index in [-0.39, 0.29) is 11.3 Å². The van der Waals surface area contributed by atoms with Gasteiger partial charge in [0.05, 0.1) is 11.1 Å². The molecule has 0 bridgehead atoms. The van der Waals surface area contributed by atoms with Crippen LogP contribution in [-0.2, 0) is 6.54 Å². The van der Waals surface area contributed by atoms with Crippen molar-refractivity contribution in [2.45, 2.75) is 40.7 Å². The van der Waals surface area contributed by atoms with Crippen molar-refractivity contribution >= 4 is 33.7 Å². The van der Waals surface area contributed by atoms with Crippen molar-refractivity contribution in [2.24, 2.45) is 5.10 Å². The summed E-state index contributed by atoms with van der Waals surface area (Å²) in [6.45, 7) is 8.35. The smallest absolute Gasteiger partial charge is 0.267 e. The molecule has 1 aromatic carbocycles. The fraction of sp³-hybridized carbons (Fsp3) is 0.300. The van der Waals surface area contributed by atoms with Crippen LogP contribution in [0, 0.1) is 13.8 Å². The van der Waals surface area contributed by atoms with Gasteiger partial charge in [0, 0.05) is 27.2 Å². The largest absolute Gasteiger partial charge is 0.292 e. The number of carbonyl (C=O) groups is 1. The van der Waals surface area contributed by atoms with Gasteiger partial charge in [0.1, 0.15) is 0 Å². The first-order valence-corrected chi connectivity index (χ1v) is 9.66. The Kier molecular flexibility index (Phi) is 5.51. The number of nitrogens with one attached hydrogen (secondary N) is 1. The molecule has 0 saturated heterocycles. The van der Waals surface area contributed by atoms with Gasteiger partial charge < -0.3 is 0 Å². The van der Waals surface area contributed by atoms with E-state index in [0.29, 0.717) is 17.3 Å². The van der Waals surface area contributed by atoms with Crippen molar-refractivity contribution in [2.75, 3.05) is 0 Å². The normalized spacial score (nSPS) is 11.8. The average Bonchev–Trinajstić information content (AvgIpc) is 3.00. The quantitative estimate of drug-likeness (QED) is 0.541. The summed E-state index contributed by atoms with van der Waals surface area (Å²) in [6, 6.07) is 9.08. The van der Waals surface area contributed by atoms with Gasteiger partial charge in [-0.05, 0) is 39.3 Å². The number of rotatable bonds is 5. The van der Waals surface area contributed by atoms with Crippen LogP contribution in [0.1, 0.15) is 46.1 Å². The van der Waals surface area contributed by atoms with Gasteiger partial charge in [0.2, 0.25) is 0 Å². The second kappa shape index (κ2) is 7.84. The Morgan fingerprint density at radius 3 is 2.59 bits per heavy atom. The fourth-order valence-corrected chi connectivity index (χ4v) is 3.98. The topological polar surface area (TPSA) is 76.3 Å². The number of carbonyl (C=O) groups excluding carboxylic acids is 1. The highest BCUT2D eigenvalue weighted by Crippen LogP contribution is 2.21. The molecule has 0 unspecified atom stereocenters. The molecule has 0 aliphatic heterocycles. The monoisotopic (exact) mass is 382 g/mol. The predicted octanol–water partition coefficient (Wildman–Crippen LogP) is 3.64. The molecule has 0 atom stereocenters. The van der Waals surface area contributed by atoms with E-state index in [0.717, 1.165) is 22.6 Å². The Bertz CT molecular complexity index is 1100. The average molecular weight is 382 g/mol. The highest BCUT2D eigenvalue weighted by molar-refractivity contribution is 7.12. The molecule has 27 heavy (non-hydrogen) atoms. The molecule has 6 nitrogen and oxygen atoms in total. The number of aromatic nitrogens is 2. The second-order valence-electron chi connectivity index (χ2n) is 6.39. The van der Waals surface area contributed by atoms with E-state index in [1.54, 1.807) is 35.6 Å². The molecule has 1 N–H and O–H groups in total. The van der Waals surface area contributed by atoms with Crippen LogP contribution in [0.4, 0.5) is 0 Å². The van der Waals surface area contributed by atoms with Crippen LogP contribution in [0.3, 0.4) is 0 Å². The van der Waals surface area contributed by atoms with Crippen molar-refractivity contribution in [3.8, 4) is 0 Å². The third-order valence-electron chi connectivity index (χ3n) is 4.27. The van der Waals surface area contributed by atoms with Crippen molar-refractivity contribution < 1.29 is 4.79 Å². The number of thiophene rings is 1. The maximum Gasteiger partial charge on any atom is 0.292 e. The molecule has 0 aliphatic carbocycles. The van der Waals surface area contributed by atoms with Crippen LogP contribution >= 0.6 is 11.3 Å². The van der Waals surface area contributed by atoms with Gasteiger partial charge in [-0.25, -0.2) is 10.1 Å². The highest BCUT2D eigenvalue weighted by atomic mass is 32.1. The number of hydrazone groups is 1. The summed E-state index contributed by atoms with van der Waals surface area (Å²) in [6.07, 6.45) is 0.750. The molecule has 7 heteroatoms. The summed E-state index contributed by atoms with van der Waals surface area (Å²) in [4.78, 5) is 27.6. The molecule has 0 fully saturated rings. The Labute approximate surface area is 161 Å². The zero-order valence-electron chi connectivity index (χ0n) is 15.9. The van der Waals surface area contributed by atoms with Gasteiger partial charge in [0.25, 0.3) is 11.5 Å². The van der Waals surface area contributed by atoms with E-state index in [9.17, 15) is 9.59 Å². The summed E-state index contributed by atoms with van der Waals surface area (Å²) in [5.74, 6) is -0.431. The minimum atomic E-state index is -0.431. The molecule has 140 valence electrons. The Morgan fingerprint density at radius 1 is 1.26 bits per heavy atom. The van der Waals surface area contributed by atoms with Gasteiger partial charge in [-0.3, -0.25) is 9.59 Å². The standard InChI is InChI=1S/C20H22N4O2S/c1-5-10-24-20(26)16-9-7-6-8-15(16)18(23-24)19(25)22-21-13(3)17-11-12(2)27-14(17)4/h6-9,11H,5,10H2,1-4H3,(H,22,25)/b21-13-. The van der Waals surface area contributed by atoms with Crippen molar-refractivity contribution in [1.29, 1.82) is 0 Å². The lowest BCUT2D eigenvalue weighted by Gasteiger charge is -2.09. The van der Waals surface area contributed by atoms with Gasteiger partial charge in [-0.2, -0.15) is 10.2 Å². The van der Waals surface area contributed by atoms with E-state index in [1.807, 2.05) is 27.7 Å². The Morgan fingerprint density at radius 2 is 1.96 bits per heavy atom. The maximum absolute atomic E-state index is 12.8. The molecule has 2 heterocycles. The lowest BCUT2D eigenvalue weighted by atomic mass is 10.1. The van der Waals surface area contributed by atoms with Crippen LogP contribution < -0.4 is 11.0 Å². The summed E-state index contributed by atoms with van der Waals surface area (Å²) in [5.41, 5.74) is 4.36. The number of nitrogens with zero attached hydrogens (tertiary/aromatic N) is 3. The van der Waals surface area contributed by atoms with Crippen LogP contribution in [0.25, 0.3) is 10.8 Å². The van der Waals surface area contributed by atoms with Gasteiger partial charge in [-0.1, -0.05) is 25.1 Å². The molecule has 2 aromatic heterocycles. The number of aryl methyl sites for hydroxylation is 3. The molecular weight excluding hydrogens is 360 g/mol. The van der Waals surface area contributed by atoms with Crippen molar-refractivity contribution in [3.63, 3.8) is 0 Å². The summed E-state index contributed by atoms with van der Waals surface area (Å²) in [7, 11) is 0. The number of benzene rings is 1. The van der Waals surface area contributed by atoms with E-state index >= 15 is 0 Å². The third kappa shape index (κ3) is 3.83. The molecule has 0 spiro atoms. The summed E-state index contributed by atoms with van der Waals surface area (Å²) < 4.78 is 1.35. The van der Waals surface area contributed by atoms with Crippen LogP contribution in [-0.4, -0.2) is 21.4 Å². The maximum atomic E-state index is 12.8. The zero-order chi connectivity index (χ0) is 19.6. The number of amides is 1. The lowest BCUT2D eigenvalue weighted by Crippen LogP contribution is -2.29. The minimum Gasteiger partial charge on any atom is -0.267 e. The Balaban J connectivity index is 1.98. The molecule has 0 radical (unpaired) electrons. The summed E-state index contributed by atoms with van der Waals surface area (Å²) >= 11 is 1.70. The van der Waals surface area contributed by atoms with E-state index in [4.69, 9.17) is 0 Å². The van der Waals surface area contributed by atoms with Crippen LogP contribution in [0.5, 0.6) is 0 Å². The number of fused-ring (bicyclic) bond motifs is 1. The first-order chi connectivity index (χ1) is 12.9. The van der Waals surface area contributed by atoms with Crippen LogP contribution in [0.15, 0.2) is 40.2 Å². The van der Waals surface area contributed by atoms with Crippen molar-refractivity contribution in [3.05, 3.63) is 61.7 Å². The van der Waals surface area contributed by atoms with Gasteiger partial charge in [-0.15, -0.1) is 11.3 Å². The minimum absolute atomic E-state index is 0.187. The number of hydrogen-bond acceptors (Lipinski definition) is 5. The Hall–Kier alpha value is -2.80. The SMILES string of the molecule is CCCn1nc(C(=O)N/N=C(/C)c2cc(C)sc2C)c2ccccc2c1=O. The lowest BCUT2D eigenvalue weighted by molar-refractivity contribution is 0.0949. The zero-order valence-corrected chi connectivity index (χ0v) is 16.7. The summed E-state index contributed by atoms with van der Waals surface area (Å²) in [5, 5.41) is 9.55. The first-order valence-electron chi connectivity index (χ1n) is 8.84. The molecule has 0 aliphatic rings.